The molecule has 0 aliphatic heterocycles. The normalized spacial score (nSPS) is 12.7. The van der Waals surface area contributed by atoms with Crippen LogP contribution in [-0.2, 0) is 14.3 Å². The number of hydrogen-bond acceptors (Lipinski definition) is 4. The first-order chi connectivity index (χ1) is 16.4. The van der Waals surface area contributed by atoms with E-state index in [2.05, 4.69) is 30.1 Å². The Bertz CT molecular complexity index is 894. The van der Waals surface area contributed by atoms with Crippen molar-refractivity contribution in [1.29, 1.82) is 0 Å². The molecular formula is C28H41N3O4. The van der Waals surface area contributed by atoms with Crippen molar-refractivity contribution in [2.75, 3.05) is 13.1 Å². The summed E-state index contributed by atoms with van der Waals surface area (Å²) in [5, 5.41) is 5.65. The van der Waals surface area contributed by atoms with Gasteiger partial charge in [-0.1, -0.05) is 57.7 Å². The van der Waals surface area contributed by atoms with Crippen LogP contribution in [0, 0.1) is 18.3 Å². The minimum absolute atomic E-state index is 0.113. The van der Waals surface area contributed by atoms with Gasteiger partial charge in [0.1, 0.15) is 17.7 Å². The number of alkyl carbamates (subject to hydrolysis) is 1. The molecule has 35 heavy (non-hydrogen) atoms. The van der Waals surface area contributed by atoms with Crippen molar-refractivity contribution in [3.63, 3.8) is 0 Å². The van der Waals surface area contributed by atoms with E-state index in [1.54, 1.807) is 51.1 Å². The van der Waals surface area contributed by atoms with E-state index < -0.39 is 29.7 Å². The lowest BCUT2D eigenvalue weighted by Crippen LogP contribution is -2.55. The predicted molar refractivity (Wildman–Crippen MR) is 140 cm³/mol. The Morgan fingerprint density at radius 3 is 2.29 bits per heavy atom. The summed E-state index contributed by atoms with van der Waals surface area (Å²) >= 11 is 0. The van der Waals surface area contributed by atoms with Gasteiger partial charge in [0.05, 0.1) is 0 Å². The van der Waals surface area contributed by atoms with Gasteiger partial charge in [0.2, 0.25) is 11.8 Å². The van der Waals surface area contributed by atoms with Crippen LogP contribution >= 0.6 is 0 Å². The van der Waals surface area contributed by atoms with Crippen LogP contribution in [0.15, 0.2) is 36.9 Å². The molecule has 192 valence electrons. The van der Waals surface area contributed by atoms with E-state index in [-0.39, 0.29) is 18.4 Å². The largest absolute Gasteiger partial charge is 0.444 e. The molecule has 0 fully saturated rings. The number of unbranched alkanes of at least 4 members (excludes halogenated alkanes) is 2. The molecule has 0 heterocycles. The van der Waals surface area contributed by atoms with E-state index in [1.807, 2.05) is 13.8 Å². The number of terminal acetylenes is 1. The van der Waals surface area contributed by atoms with Gasteiger partial charge in [-0.2, -0.15) is 0 Å². The lowest BCUT2D eigenvalue weighted by atomic mass is 9.98. The summed E-state index contributed by atoms with van der Waals surface area (Å²) in [6.07, 6.45) is 9.23. The maximum absolute atomic E-state index is 13.8. The Kier molecular flexibility index (Phi) is 12.1. The minimum Gasteiger partial charge on any atom is -0.444 e. The number of benzene rings is 1. The highest BCUT2D eigenvalue weighted by Gasteiger charge is 2.36. The van der Waals surface area contributed by atoms with Crippen molar-refractivity contribution in [2.45, 2.75) is 78.5 Å². The Morgan fingerprint density at radius 1 is 1.17 bits per heavy atom. The van der Waals surface area contributed by atoms with E-state index in [0.29, 0.717) is 17.7 Å². The third-order valence-electron chi connectivity index (χ3n) is 5.25. The van der Waals surface area contributed by atoms with Crippen LogP contribution in [0.1, 0.15) is 78.0 Å². The molecule has 0 bridgehead atoms. The van der Waals surface area contributed by atoms with Crippen molar-refractivity contribution in [3.05, 3.63) is 48.0 Å². The minimum atomic E-state index is -0.921. The van der Waals surface area contributed by atoms with Gasteiger partial charge >= 0.3 is 6.09 Å². The molecule has 0 saturated carbocycles. The zero-order valence-corrected chi connectivity index (χ0v) is 22.0. The molecule has 1 rings (SSSR count). The highest BCUT2D eigenvalue weighted by atomic mass is 16.6. The van der Waals surface area contributed by atoms with Gasteiger partial charge in [-0.05, 0) is 50.8 Å². The summed E-state index contributed by atoms with van der Waals surface area (Å²) in [6, 6.07) is 5.16. The van der Waals surface area contributed by atoms with E-state index in [9.17, 15) is 14.4 Å². The standard InChI is InChI=1S/C28H41N3O4/c1-9-12-13-18-29-25(32)24(22-16-14-21(11-3)15-17-22)31(19-10-2)26(33)23(20(4)5)30-27(34)35-28(6,7)8/h3,10,14-17,20,23-24H,2,9,12-13,18-19H2,1,4-8H3,(H,29,32)(H,30,34). The molecule has 7 nitrogen and oxygen atoms in total. The average Bonchev–Trinajstić information content (AvgIpc) is 2.78. The van der Waals surface area contributed by atoms with E-state index in [1.165, 1.54) is 4.90 Å². The van der Waals surface area contributed by atoms with Crippen LogP contribution < -0.4 is 10.6 Å². The molecule has 0 spiro atoms. The first kappa shape index (κ1) is 29.8. The second-order valence-corrected chi connectivity index (χ2v) is 9.81. The van der Waals surface area contributed by atoms with Crippen LogP contribution in [0.5, 0.6) is 0 Å². The van der Waals surface area contributed by atoms with E-state index in [0.717, 1.165) is 19.3 Å². The number of hydrogen-bond donors (Lipinski definition) is 2. The highest BCUT2D eigenvalue weighted by molar-refractivity contribution is 5.92. The number of carbonyl (C=O) groups excluding carboxylic acids is 3. The third kappa shape index (κ3) is 9.86. The first-order valence-corrected chi connectivity index (χ1v) is 12.2. The molecule has 2 unspecified atom stereocenters. The lowest BCUT2D eigenvalue weighted by molar-refractivity contribution is -0.142. The van der Waals surface area contributed by atoms with Crippen molar-refractivity contribution >= 4 is 17.9 Å². The fraction of sp³-hybridized carbons (Fsp3) is 0.536. The van der Waals surface area contributed by atoms with Gasteiger partial charge in [-0.15, -0.1) is 13.0 Å². The Morgan fingerprint density at radius 2 is 1.80 bits per heavy atom. The van der Waals surface area contributed by atoms with E-state index in [4.69, 9.17) is 11.2 Å². The predicted octanol–water partition coefficient (Wildman–Crippen LogP) is 4.58. The Labute approximate surface area is 210 Å². The van der Waals surface area contributed by atoms with Crippen LogP contribution in [0.2, 0.25) is 0 Å². The summed E-state index contributed by atoms with van der Waals surface area (Å²) in [4.78, 5) is 41.1. The first-order valence-electron chi connectivity index (χ1n) is 12.2. The molecule has 2 N–H and O–H groups in total. The maximum Gasteiger partial charge on any atom is 0.408 e. The zero-order valence-electron chi connectivity index (χ0n) is 22.0. The number of rotatable bonds is 12. The Hall–Kier alpha value is -3.27. The van der Waals surface area contributed by atoms with Crippen LogP contribution in [0.3, 0.4) is 0 Å². The van der Waals surface area contributed by atoms with Crippen LogP contribution in [-0.4, -0.2) is 47.5 Å². The van der Waals surface area contributed by atoms with Crippen molar-refractivity contribution in [3.8, 4) is 12.3 Å². The molecule has 0 saturated heterocycles. The summed E-state index contributed by atoms with van der Waals surface area (Å²) in [5.41, 5.74) is 0.575. The molecule has 0 aromatic heterocycles. The average molecular weight is 484 g/mol. The molecule has 0 aliphatic carbocycles. The molecule has 2 atom stereocenters. The fourth-order valence-corrected chi connectivity index (χ4v) is 3.51. The van der Waals surface area contributed by atoms with Crippen LogP contribution in [0.4, 0.5) is 4.79 Å². The fourth-order valence-electron chi connectivity index (χ4n) is 3.51. The third-order valence-corrected chi connectivity index (χ3v) is 5.25. The zero-order chi connectivity index (χ0) is 26.6. The van der Waals surface area contributed by atoms with Crippen molar-refractivity contribution in [1.82, 2.24) is 15.5 Å². The van der Waals surface area contributed by atoms with Gasteiger partial charge < -0.3 is 20.3 Å². The number of nitrogens with one attached hydrogen (secondary N) is 2. The number of carbonyl (C=O) groups is 3. The molecule has 1 aromatic rings. The molecule has 1 aromatic carbocycles. The molecule has 3 amide bonds. The van der Waals surface area contributed by atoms with Crippen molar-refractivity contribution < 1.29 is 19.1 Å². The van der Waals surface area contributed by atoms with Gasteiger partial charge in [0.15, 0.2) is 0 Å². The second kappa shape index (κ2) is 14.2. The molecule has 7 heteroatoms. The van der Waals surface area contributed by atoms with Crippen molar-refractivity contribution in [2.24, 2.45) is 5.92 Å². The summed E-state index contributed by atoms with van der Waals surface area (Å²) < 4.78 is 5.36. The number of amides is 3. The topological polar surface area (TPSA) is 87.7 Å². The maximum atomic E-state index is 13.8. The monoisotopic (exact) mass is 483 g/mol. The van der Waals surface area contributed by atoms with Gasteiger partial charge in [-0.25, -0.2) is 4.79 Å². The Balaban J connectivity index is 3.36. The molecule has 0 radical (unpaired) electrons. The smallest absolute Gasteiger partial charge is 0.408 e. The quantitative estimate of drug-likeness (QED) is 0.259. The van der Waals surface area contributed by atoms with Gasteiger partial charge in [0.25, 0.3) is 0 Å². The highest BCUT2D eigenvalue weighted by Crippen LogP contribution is 2.24. The van der Waals surface area contributed by atoms with Crippen LogP contribution in [0.25, 0.3) is 0 Å². The van der Waals surface area contributed by atoms with Gasteiger partial charge in [-0.3, -0.25) is 9.59 Å². The summed E-state index contributed by atoms with van der Waals surface area (Å²) in [5.74, 6) is 1.61. The van der Waals surface area contributed by atoms with E-state index >= 15 is 0 Å². The second-order valence-electron chi connectivity index (χ2n) is 9.81. The number of nitrogens with zero attached hydrogens (tertiary/aromatic N) is 1. The SMILES string of the molecule is C#Cc1ccc(C(C(=O)NCCCCC)N(CC=C)C(=O)C(NC(=O)OC(C)(C)C)C(C)C)cc1. The summed E-state index contributed by atoms with van der Waals surface area (Å²) in [6.45, 7) is 15.4. The number of ether oxygens (including phenoxy) is 1. The molecular weight excluding hydrogens is 442 g/mol. The molecule has 0 aliphatic rings. The summed E-state index contributed by atoms with van der Waals surface area (Å²) in [7, 11) is 0. The van der Waals surface area contributed by atoms with Gasteiger partial charge in [0, 0.05) is 18.7 Å². The lowest BCUT2D eigenvalue weighted by Gasteiger charge is -2.35.